The largest absolute Gasteiger partial charge is 0.294 e. The van der Waals surface area contributed by atoms with Gasteiger partial charge in [0, 0.05) is 19.6 Å². The molecule has 0 aliphatic carbocycles. The zero-order chi connectivity index (χ0) is 17.4. The summed E-state index contributed by atoms with van der Waals surface area (Å²) in [5, 5.41) is 0. The molecule has 0 radical (unpaired) electrons. The number of amides is 2. The number of benzene rings is 2. The molecular formula is C20H19FN2O2. The third-order valence-electron chi connectivity index (χ3n) is 5.04. The van der Waals surface area contributed by atoms with Crippen LogP contribution in [0.4, 0.5) is 4.39 Å². The van der Waals surface area contributed by atoms with E-state index in [0.717, 1.165) is 16.0 Å². The van der Waals surface area contributed by atoms with Gasteiger partial charge in [-0.15, -0.1) is 0 Å². The quantitative estimate of drug-likeness (QED) is 0.804. The van der Waals surface area contributed by atoms with Crippen LogP contribution >= 0.6 is 0 Å². The fraction of sp³-hybridized carbons (Fsp3) is 0.300. The number of rotatable bonds is 4. The fourth-order valence-corrected chi connectivity index (χ4v) is 3.78. The van der Waals surface area contributed by atoms with Gasteiger partial charge in [-0.1, -0.05) is 60.7 Å². The zero-order valence-corrected chi connectivity index (χ0v) is 13.8. The molecule has 0 spiro atoms. The number of alkyl halides is 1. The second kappa shape index (κ2) is 6.08. The third-order valence-corrected chi connectivity index (χ3v) is 5.04. The second-order valence-corrected chi connectivity index (χ2v) is 6.79. The first kappa shape index (κ1) is 16.0. The molecule has 25 heavy (non-hydrogen) atoms. The maximum atomic E-state index is 15.4. The van der Waals surface area contributed by atoms with Crippen molar-refractivity contribution < 1.29 is 14.0 Å². The van der Waals surface area contributed by atoms with E-state index in [0.29, 0.717) is 6.54 Å². The molecule has 2 aliphatic heterocycles. The van der Waals surface area contributed by atoms with E-state index in [1.54, 1.807) is 0 Å². The minimum atomic E-state index is -2.10. The molecule has 128 valence electrons. The van der Waals surface area contributed by atoms with E-state index in [1.165, 1.54) is 0 Å². The summed E-state index contributed by atoms with van der Waals surface area (Å²) in [5.74, 6) is -1.98. The van der Waals surface area contributed by atoms with Gasteiger partial charge in [-0.25, -0.2) is 4.39 Å². The van der Waals surface area contributed by atoms with Crippen LogP contribution in [0.25, 0.3) is 0 Å². The van der Waals surface area contributed by atoms with Crippen LogP contribution in [0.2, 0.25) is 0 Å². The van der Waals surface area contributed by atoms with Crippen LogP contribution in [0.5, 0.6) is 0 Å². The molecule has 2 aromatic carbocycles. The maximum Gasteiger partial charge on any atom is 0.269 e. The van der Waals surface area contributed by atoms with Crippen molar-refractivity contribution in [3.05, 3.63) is 71.8 Å². The molecule has 0 N–H and O–H groups in total. The molecule has 2 atom stereocenters. The highest BCUT2D eigenvalue weighted by molar-refractivity contribution is 6.09. The lowest BCUT2D eigenvalue weighted by atomic mass is 9.96. The number of imide groups is 1. The summed E-state index contributed by atoms with van der Waals surface area (Å²) in [4.78, 5) is 28.2. The van der Waals surface area contributed by atoms with E-state index in [-0.39, 0.29) is 19.6 Å². The van der Waals surface area contributed by atoms with Crippen LogP contribution in [0.15, 0.2) is 60.7 Å². The Morgan fingerprint density at radius 2 is 1.48 bits per heavy atom. The molecule has 0 saturated carbocycles. The van der Waals surface area contributed by atoms with Crippen LogP contribution < -0.4 is 0 Å². The van der Waals surface area contributed by atoms with Crippen molar-refractivity contribution in [1.29, 1.82) is 0 Å². The zero-order valence-electron chi connectivity index (χ0n) is 13.8. The molecule has 0 aromatic heterocycles. The Hall–Kier alpha value is -2.53. The average molecular weight is 338 g/mol. The summed E-state index contributed by atoms with van der Waals surface area (Å²) in [6.07, 6.45) is 0. The molecule has 2 aromatic rings. The number of fused-ring (bicyclic) bond motifs is 1. The van der Waals surface area contributed by atoms with Crippen molar-refractivity contribution in [3.63, 3.8) is 0 Å². The first-order valence-corrected chi connectivity index (χ1v) is 8.43. The van der Waals surface area contributed by atoms with E-state index >= 15 is 4.39 Å². The average Bonchev–Trinajstić information content (AvgIpc) is 3.04. The van der Waals surface area contributed by atoms with E-state index in [9.17, 15) is 9.59 Å². The van der Waals surface area contributed by atoms with Crippen LogP contribution in [-0.2, 0) is 22.7 Å². The van der Waals surface area contributed by atoms with Gasteiger partial charge in [-0.2, -0.15) is 0 Å². The first-order valence-electron chi connectivity index (χ1n) is 8.43. The molecule has 2 aliphatic rings. The smallest absolute Gasteiger partial charge is 0.269 e. The van der Waals surface area contributed by atoms with Gasteiger partial charge in [0.25, 0.3) is 5.91 Å². The fourth-order valence-electron chi connectivity index (χ4n) is 3.78. The molecule has 0 bridgehead atoms. The van der Waals surface area contributed by atoms with Crippen LogP contribution in [0.1, 0.15) is 11.1 Å². The highest BCUT2D eigenvalue weighted by atomic mass is 19.1. The van der Waals surface area contributed by atoms with Crippen LogP contribution in [-0.4, -0.2) is 40.4 Å². The predicted octanol–water partition coefficient (Wildman–Crippen LogP) is 2.40. The molecule has 0 unspecified atom stereocenters. The Morgan fingerprint density at radius 3 is 2.04 bits per heavy atom. The Labute approximate surface area is 145 Å². The van der Waals surface area contributed by atoms with E-state index in [1.807, 2.05) is 65.6 Å². The van der Waals surface area contributed by atoms with E-state index < -0.39 is 23.4 Å². The maximum absolute atomic E-state index is 15.4. The molecule has 2 heterocycles. The number of hydrogen-bond acceptors (Lipinski definition) is 3. The summed E-state index contributed by atoms with van der Waals surface area (Å²) < 4.78 is 15.4. The SMILES string of the molecule is O=C1[C@H]2CN(Cc3ccccc3)C[C@@]2(F)C(=O)N1Cc1ccccc1. The Bertz CT molecular complexity index is 796. The lowest BCUT2D eigenvalue weighted by Crippen LogP contribution is -2.41. The lowest BCUT2D eigenvalue weighted by molar-refractivity contribution is -0.143. The normalized spacial score (nSPS) is 26.3. The number of nitrogens with zero attached hydrogens (tertiary/aromatic N) is 2. The van der Waals surface area contributed by atoms with Crippen LogP contribution in [0, 0.1) is 5.92 Å². The summed E-state index contributed by atoms with van der Waals surface area (Å²) >= 11 is 0. The number of hydrogen-bond donors (Lipinski definition) is 0. The number of carbonyl (C=O) groups is 2. The topological polar surface area (TPSA) is 40.6 Å². The highest BCUT2D eigenvalue weighted by Crippen LogP contribution is 2.41. The van der Waals surface area contributed by atoms with Crippen molar-refractivity contribution in [2.75, 3.05) is 13.1 Å². The van der Waals surface area contributed by atoms with Gasteiger partial charge in [0.2, 0.25) is 11.6 Å². The molecular weight excluding hydrogens is 319 g/mol. The third kappa shape index (κ3) is 2.74. The standard InChI is InChI=1S/C20H19FN2O2/c21-20-14-22(11-15-7-3-1-4-8-15)13-17(20)18(24)23(19(20)25)12-16-9-5-2-6-10-16/h1-10,17H,11-14H2/t17-,20+/m1/s1. The Kier molecular flexibility index (Phi) is 3.88. The van der Waals surface area contributed by atoms with Gasteiger partial charge < -0.3 is 0 Å². The van der Waals surface area contributed by atoms with Crippen molar-refractivity contribution in [3.8, 4) is 0 Å². The van der Waals surface area contributed by atoms with Crippen molar-refractivity contribution in [1.82, 2.24) is 9.80 Å². The van der Waals surface area contributed by atoms with E-state index in [2.05, 4.69) is 0 Å². The molecule has 5 heteroatoms. The lowest BCUT2D eigenvalue weighted by Gasteiger charge is -2.21. The summed E-state index contributed by atoms with van der Waals surface area (Å²) in [5.41, 5.74) is -0.221. The molecule has 4 nitrogen and oxygen atoms in total. The molecule has 2 amide bonds. The number of halogens is 1. The first-order chi connectivity index (χ1) is 12.1. The minimum Gasteiger partial charge on any atom is -0.294 e. The number of likely N-dealkylation sites (tertiary alicyclic amines) is 2. The monoisotopic (exact) mass is 338 g/mol. The van der Waals surface area contributed by atoms with Crippen molar-refractivity contribution in [2.24, 2.45) is 5.92 Å². The Morgan fingerprint density at radius 1 is 0.920 bits per heavy atom. The summed E-state index contributed by atoms with van der Waals surface area (Å²) in [6.45, 7) is 0.936. The van der Waals surface area contributed by atoms with E-state index in [4.69, 9.17) is 0 Å². The van der Waals surface area contributed by atoms with Crippen LogP contribution in [0.3, 0.4) is 0 Å². The van der Waals surface area contributed by atoms with Gasteiger partial charge in [0.1, 0.15) is 0 Å². The number of carbonyl (C=O) groups excluding carboxylic acids is 2. The summed E-state index contributed by atoms with van der Waals surface area (Å²) in [7, 11) is 0. The van der Waals surface area contributed by atoms with Gasteiger partial charge >= 0.3 is 0 Å². The van der Waals surface area contributed by atoms with Gasteiger partial charge in [0.05, 0.1) is 12.5 Å². The van der Waals surface area contributed by atoms with Gasteiger partial charge in [-0.05, 0) is 11.1 Å². The Balaban J connectivity index is 1.50. The minimum absolute atomic E-state index is 0.0254. The summed E-state index contributed by atoms with van der Waals surface area (Å²) in [6, 6.07) is 18.9. The van der Waals surface area contributed by atoms with Gasteiger partial charge in [0.15, 0.2) is 0 Å². The highest BCUT2D eigenvalue weighted by Gasteiger charge is 2.64. The predicted molar refractivity (Wildman–Crippen MR) is 91.0 cm³/mol. The van der Waals surface area contributed by atoms with Crippen molar-refractivity contribution in [2.45, 2.75) is 18.8 Å². The molecule has 2 saturated heterocycles. The molecule has 2 fully saturated rings. The molecule has 4 rings (SSSR count). The van der Waals surface area contributed by atoms with Gasteiger partial charge in [-0.3, -0.25) is 19.4 Å². The van der Waals surface area contributed by atoms with Crippen molar-refractivity contribution >= 4 is 11.8 Å². The second-order valence-electron chi connectivity index (χ2n) is 6.79.